The number of hydrogen-bond acceptors (Lipinski definition) is 3. The van der Waals surface area contributed by atoms with Crippen molar-refractivity contribution in [2.24, 2.45) is 5.92 Å². The van der Waals surface area contributed by atoms with Crippen LogP contribution in [0.5, 0.6) is 5.75 Å². The van der Waals surface area contributed by atoms with Crippen LogP contribution in [-0.4, -0.2) is 27.5 Å². The normalized spacial score (nSPS) is 11.2. The van der Waals surface area contributed by atoms with Crippen LogP contribution < -0.4 is 4.74 Å². The fraction of sp³-hybridized carbons (Fsp3) is 0.263. The topological polar surface area (TPSA) is 64.3 Å². The number of aromatic nitrogens is 2. The smallest absolute Gasteiger partial charge is 0.335 e. The van der Waals surface area contributed by atoms with Gasteiger partial charge < -0.3 is 9.84 Å². The standard InChI is InChI=1S/C19H19BrN2O3/c1-12(2)11-25-18-6-4-16(20)8-15(18)10-22-9-14-7-13(19(23)24)3-5-17(14)21-22/h3-9,12H,10-11H2,1-2H3,(H,23,24). The number of ether oxygens (including phenoxy) is 1. The molecule has 0 aliphatic carbocycles. The third kappa shape index (κ3) is 4.20. The molecule has 5 nitrogen and oxygen atoms in total. The number of benzene rings is 2. The molecule has 0 unspecified atom stereocenters. The van der Waals surface area contributed by atoms with Crippen molar-refractivity contribution in [3.8, 4) is 5.75 Å². The van der Waals surface area contributed by atoms with E-state index in [-0.39, 0.29) is 5.56 Å². The fourth-order valence-electron chi connectivity index (χ4n) is 2.53. The molecule has 0 radical (unpaired) electrons. The first kappa shape index (κ1) is 17.5. The molecule has 1 N–H and O–H groups in total. The molecule has 0 atom stereocenters. The Balaban J connectivity index is 1.90. The Bertz CT molecular complexity index is 918. The average Bonchev–Trinajstić information content (AvgIpc) is 2.95. The Morgan fingerprint density at radius 3 is 2.80 bits per heavy atom. The molecule has 25 heavy (non-hydrogen) atoms. The van der Waals surface area contributed by atoms with E-state index in [2.05, 4.69) is 34.9 Å². The van der Waals surface area contributed by atoms with E-state index in [1.165, 1.54) is 0 Å². The number of rotatable bonds is 6. The van der Waals surface area contributed by atoms with Crippen LogP contribution in [0.1, 0.15) is 29.8 Å². The molecule has 0 fully saturated rings. The maximum atomic E-state index is 11.1. The van der Waals surface area contributed by atoms with Crippen LogP contribution in [0.3, 0.4) is 0 Å². The van der Waals surface area contributed by atoms with Crippen LogP contribution in [0, 0.1) is 5.92 Å². The van der Waals surface area contributed by atoms with E-state index in [9.17, 15) is 4.79 Å². The van der Waals surface area contributed by atoms with Crippen LogP contribution >= 0.6 is 15.9 Å². The first-order valence-electron chi connectivity index (χ1n) is 8.04. The molecular weight excluding hydrogens is 384 g/mol. The summed E-state index contributed by atoms with van der Waals surface area (Å²) in [6.45, 7) is 5.42. The largest absolute Gasteiger partial charge is 0.493 e. The Morgan fingerprint density at radius 2 is 2.08 bits per heavy atom. The van der Waals surface area contributed by atoms with Gasteiger partial charge in [0.05, 0.1) is 24.2 Å². The highest BCUT2D eigenvalue weighted by atomic mass is 79.9. The zero-order chi connectivity index (χ0) is 18.0. The van der Waals surface area contributed by atoms with Gasteiger partial charge in [-0.15, -0.1) is 0 Å². The van der Waals surface area contributed by atoms with Crippen molar-refractivity contribution >= 4 is 32.8 Å². The van der Waals surface area contributed by atoms with Gasteiger partial charge in [-0.25, -0.2) is 4.79 Å². The van der Waals surface area contributed by atoms with Crippen LogP contribution in [0.2, 0.25) is 0 Å². The first-order valence-corrected chi connectivity index (χ1v) is 8.83. The molecule has 0 saturated carbocycles. The van der Waals surface area contributed by atoms with E-state index in [1.807, 2.05) is 24.4 Å². The fourth-order valence-corrected chi connectivity index (χ4v) is 2.94. The summed E-state index contributed by atoms with van der Waals surface area (Å²) in [5.74, 6) is 0.340. The molecule has 130 valence electrons. The Morgan fingerprint density at radius 1 is 1.28 bits per heavy atom. The van der Waals surface area contributed by atoms with Crippen LogP contribution in [0.15, 0.2) is 47.1 Å². The third-order valence-corrected chi connectivity index (χ3v) is 4.22. The summed E-state index contributed by atoms with van der Waals surface area (Å²) in [6.07, 6.45) is 1.86. The zero-order valence-corrected chi connectivity index (χ0v) is 15.7. The lowest BCUT2D eigenvalue weighted by Crippen LogP contribution is -2.08. The van der Waals surface area contributed by atoms with Gasteiger partial charge >= 0.3 is 5.97 Å². The second kappa shape index (κ2) is 7.27. The highest BCUT2D eigenvalue weighted by Gasteiger charge is 2.10. The molecule has 0 bridgehead atoms. The van der Waals surface area contributed by atoms with Gasteiger partial charge in [0.1, 0.15) is 5.75 Å². The van der Waals surface area contributed by atoms with Crippen LogP contribution in [-0.2, 0) is 6.54 Å². The number of aromatic carboxylic acids is 1. The van der Waals surface area contributed by atoms with Crippen molar-refractivity contribution in [3.05, 3.63) is 58.2 Å². The summed E-state index contributed by atoms with van der Waals surface area (Å²) in [5.41, 5.74) is 2.04. The minimum Gasteiger partial charge on any atom is -0.493 e. The molecule has 0 aliphatic rings. The minimum atomic E-state index is -0.939. The number of carboxylic acids is 1. The van der Waals surface area contributed by atoms with E-state index >= 15 is 0 Å². The molecule has 3 rings (SSSR count). The number of halogens is 1. The Kier molecular flexibility index (Phi) is 5.08. The summed E-state index contributed by atoms with van der Waals surface area (Å²) < 4.78 is 8.69. The van der Waals surface area contributed by atoms with Gasteiger partial charge in [-0.2, -0.15) is 5.10 Å². The highest BCUT2D eigenvalue weighted by molar-refractivity contribution is 9.10. The molecule has 0 aliphatic heterocycles. The highest BCUT2D eigenvalue weighted by Crippen LogP contribution is 2.25. The van der Waals surface area contributed by atoms with Crippen molar-refractivity contribution in [1.29, 1.82) is 0 Å². The predicted octanol–water partition coefficient (Wildman–Crippen LogP) is 4.58. The summed E-state index contributed by atoms with van der Waals surface area (Å²) in [4.78, 5) is 11.1. The maximum Gasteiger partial charge on any atom is 0.335 e. The molecule has 3 aromatic rings. The second-order valence-corrected chi connectivity index (χ2v) is 7.28. The van der Waals surface area contributed by atoms with Gasteiger partial charge in [0, 0.05) is 21.6 Å². The molecule has 1 aromatic heterocycles. The molecule has 0 amide bonds. The van der Waals surface area contributed by atoms with Gasteiger partial charge in [-0.1, -0.05) is 29.8 Å². The quantitative estimate of drug-likeness (QED) is 0.655. The van der Waals surface area contributed by atoms with Crippen molar-refractivity contribution < 1.29 is 14.6 Å². The van der Waals surface area contributed by atoms with Crippen molar-refractivity contribution in [2.75, 3.05) is 6.61 Å². The number of carbonyl (C=O) groups is 1. The number of fused-ring (bicyclic) bond motifs is 1. The van der Waals surface area contributed by atoms with Crippen molar-refractivity contribution in [1.82, 2.24) is 9.78 Å². The third-order valence-electron chi connectivity index (χ3n) is 3.73. The van der Waals surface area contributed by atoms with Crippen molar-refractivity contribution in [3.63, 3.8) is 0 Å². The van der Waals surface area contributed by atoms with E-state index in [4.69, 9.17) is 9.84 Å². The SMILES string of the molecule is CC(C)COc1ccc(Br)cc1Cn1cc2cc(C(=O)O)ccc2n1. The monoisotopic (exact) mass is 402 g/mol. The van der Waals surface area contributed by atoms with Gasteiger partial charge in [-0.3, -0.25) is 4.68 Å². The van der Waals surface area contributed by atoms with Crippen LogP contribution in [0.25, 0.3) is 10.9 Å². The molecule has 0 saturated heterocycles. The second-order valence-electron chi connectivity index (χ2n) is 6.36. The van der Waals surface area contributed by atoms with Crippen LogP contribution in [0.4, 0.5) is 0 Å². The zero-order valence-electron chi connectivity index (χ0n) is 14.1. The number of nitrogens with zero attached hydrogens (tertiary/aromatic N) is 2. The van der Waals surface area contributed by atoms with Gasteiger partial charge in [0.15, 0.2) is 0 Å². The summed E-state index contributed by atoms with van der Waals surface area (Å²) in [7, 11) is 0. The summed E-state index contributed by atoms with van der Waals surface area (Å²) in [5, 5.41) is 14.4. The lowest BCUT2D eigenvalue weighted by molar-refractivity contribution is 0.0697. The lowest BCUT2D eigenvalue weighted by atomic mass is 10.1. The van der Waals surface area contributed by atoms with Gasteiger partial charge in [0.2, 0.25) is 0 Å². The van der Waals surface area contributed by atoms with E-state index in [1.54, 1.807) is 22.9 Å². The van der Waals surface area contributed by atoms with E-state index < -0.39 is 5.97 Å². The minimum absolute atomic E-state index is 0.260. The Labute approximate surface area is 154 Å². The van der Waals surface area contributed by atoms with E-state index in [0.29, 0.717) is 19.1 Å². The van der Waals surface area contributed by atoms with E-state index in [0.717, 1.165) is 26.7 Å². The molecule has 1 heterocycles. The summed E-state index contributed by atoms with van der Waals surface area (Å²) in [6, 6.07) is 10.9. The molecule has 6 heteroatoms. The van der Waals surface area contributed by atoms with Gasteiger partial charge in [-0.05, 0) is 42.3 Å². The molecular formula is C19H19BrN2O3. The first-order chi connectivity index (χ1) is 11.9. The Hall–Kier alpha value is -2.34. The average molecular weight is 403 g/mol. The molecule has 2 aromatic carbocycles. The maximum absolute atomic E-state index is 11.1. The lowest BCUT2D eigenvalue weighted by Gasteiger charge is -2.13. The predicted molar refractivity (Wildman–Crippen MR) is 100 cm³/mol. The number of hydrogen-bond donors (Lipinski definition) is 1. The summed E-state index contributed by atoms with van der Waals surface area (Å²) >= 11 is 3.50. The van der Waals surface area contributed by atoms with Gasteiger partial charge in [0.25, 0.3) is 0 Å². The number of carboxylic acid groups (broad SMARTS) is 1. The van der Waals surface area contributed by atoms with Crippen molar-refractivity contribution in [2.45, 2.75) is 20.4 Å². The molecule has 0 spiro atoms.